The largest absolute Gasteiger partial charge is 0.288 e. The Morgan fingerprint density at radius 3 is 2.64 bits per heavy atom. The summed E-state index contributed by atoms with van der Waals surface area (Å²) in [6, 6.07) is 11.1. The molecule has 0 fully saturated rings. The number of hydrogen-bond donors (Lipinski definition) is 0. The van der Waals surface area contributed by atoms with E-state index < -0.39 is 4.92 Å². The van der Waals surface area contributed by atoms with Crippen molar-refractivity contribution in [2.24, 2.45) is 5.10 Å². The van der Waals surface area contributed by atoms with E-state index in [1.54, 1.807) is 43.3 Å². The first-order valence-corrected chi connectivity index (χ1v) is 7.93. The van der Waals surface area contributed by atoms with Crippen LogP contribution in [-0.4, -0.2) is 16.5 Å². The molecule has 6 nitrogen and oxygen atoms in total. The summed E-state index contributed by atoms with van der Waals surface area (Å²) in [5.41, 5.74) is 1.66. The fourth-order valence-electron chi connectivity index (χ4n) is 2.39. The Hall–Kier alpha value is -2.70. The van der Waals surface area contributed by atoms with E-state index >= 15 is 0 Å². The fraction of sp³-hybridized carbons (Fsp3) is 0.0588. The van der Waals surface area contributed by atoms with Crippen LogP contribution in [0.5, 0.6) is 0 Å². The highest BCUT2D eigenvalue weighted by atomic mass is 35.5. The van der Waals surface area contributed by atoms with Crippen molar-refractivity contribution >= 4 is 52.3 Å². The highest BCUT2D eigenvalue weighted by Gasteiger charge is 2.29. The van der Waals surface area contributed by atoms with Gasteiger partial charge in [-0.25, -0.2) is 0 Å². The lowest BCUT2D eigenvalue weighted by atomic mass is 10.1. The van der Waals surface area contributed by atoms with Gasteiger partial charge in [-0.15, -0.1) is 0 Å². The monoisotopic (exact) mass is 375 g/mol. The van der Waals surface area contributed by atoms with Crippen LogP contribution < -0.4 is 5.01 Å². The highest BCUT2D eigenvalue weighted by Crippen LogP contribution is 2.29. The normalized spacial score (nSPS) is 15.6. The van der Waals surface area contributed by atoms with Crippen molar-refractivity contribution in [1.82, 2.24) is 0 Å². The minimum Gasteiger partial charge on any atom is -0.267 e. The third-order valence-corrected chi connectivity index (χ3v) is 4.15. The quantitative estimate of drug-likeness (QED) is 0.442. The molecule has 0 aliphatic carbocycles. The molecule has 0 aromatic heterocycles. The Morgan fingerprint density at radius 1 is 1.20 bits per heavy atom. The summed E-state index contributed by atoms with van der Waals surface area (Å²) >= 11 is 11.8. The number of hydrogen-bond acceptors (Lipinski definition) is 4. The lowest BCUT2D eigenvalue weighted by molar-refractivity contribution is -0.384. The van der Waals surface area contributed by atoms with Gasteiger partial charge in [-0.3, -0.25) is 14.9 Å². The Bertz CT molecular complexity index is 954. The third kappa shape index (κ3) is 3.40. The zero-order valence-corrected chi connectivity index (χ0v) is 14.5. The maximum Gasteiger partial charge on any atom is 0.288 e. The molecule has 0 N–H and O–H groups in total. The van der Waals surface area contributed by atoms with Crippen LogP contribution in [0.3, 0.4) is 0 Å². The predicted molar refractivity (Wildman–Crippen MR) is 98.1 cm³/mol. The average Bonchev–Trinajstić information content (AvgIpc) is 2.84. The molecule has 3 rings (SSSR count). The topological polar surface area (TPSA) is 75.8 Å². The zero-order chi connectivity index (χ0) is 18.1. The van der Waals surface area contributed by atoms with Gasteiger partial charge in [-0.1, -0.05) is 35.3 Å². The van der Waals surface area contributed by atoms with Crippen LogP contribution in [0.4, 0.5) is 11.4 Å². The van der Waals surface area contributed by atoms with Gasteiger partial charge in [-0.2, -0.15) is 10.1 Å². The first-order chi connectivity index (χ1) is 11.9. The number of nitro groups is 1. The second-order valence-electron chi connectivity index (χ2n) is 5.31. The lowest BCUT2D eigenvalue weighted by Crippen LogP contribution is -2.21. The van der Waals surface area contributed by atoms with Gasteiger partial charge in [0.25, 0.3) is 11.6 Å². The molecule has 0 unspecified atom stereocenters. The zero-order valence-electron chi connectivity index (χ0n) is 12.9. The van der Waals surface area contributed by atoms with Crippen LogP contribution in [0.1, 0.15) is 12.5 Å². The number of amides is 1. The van der Waals surface area contributed by atoms with Crippen LogP contribution in [0.25, 0.3) is 6.08 Å². The average molecular weight is 376 g/mol. The number of rotatable bonds is 3. The molecule has 1 heterocycles. The number of nitro benzene ring substituents is 1. The maximum absolute atomic E-state index is 12.7. The first-order valence-electron chi connectivity index (χ1n) is 7.18. The van der Waals surface area contributed by atoms with Gasteiger partial charge in [0.2, 0.25) is 0 Å². The van der Waals surface area contributed by atoms with Crippen molar-refractivity contribution in [1.29, 1.82) is 0 Å². The van der Waals surface area contributed by atoms with E-state index in [0.717, 1.165) is 0 Å². The smallest absolute Gasteiger partial charge is 0.267 e. The number of hydrazone groups is 1. The van der Waals surface area contributed by atoms with E-state index in [0.29, 0.717) is 27.6 Å². The minimum atomic E-state index is -0.569. The molecule has 25 heavy (non-hydrogen) atoms. The van der Waals surface area contributed by atoms with Crippen molar-refractivity contribution in [2.45, 2.75) is 6.92 Å². The van der Waals surface area contributed by atoms with Gasteiger partial charge in [0.05, 0.1) is 21.9 Å². The van der Waals surface area contributed by atoms with Gasteiger partial charge in [0.15, 0.2) is 0 Å². The van der Waals surface area contributed by atoms with Crippen molar-refractivity contribution in [3.8, 4) is 0 Å². The van der Waals surface area contributed by atoms with Gasteiger partial charge in [0, 0.05) is 11.1 Å². The van der Waals surface area contributed by atoms with E-state index in [1.807, 2.05) is 0 Å². The van der Waals surface area contributed by atoms with Crippen LogP contribution in [0.2, 0.25) is 10.0 Å². The van der Waals surface area contributed by atoms with Crippen molar-refractivity contribution in [3.63, 3.8) is 0 Å². The summed E-state index contributed by atoms with van der Waals surface area (Å²) in [7, 11) is 0. The van der Waals surface area contributed by atoms with E-state index in [9.17, 15) is 14.9 Å². The Labute approximate surface area is 153 Å². The molecule has 0 bridgehead atoms. The van der Waals surface area contributed by atoms with E-state index in [-0.39, 0.29) is 16.6 Å². The molecular weight excluding hydrogens is 365 g/mol. The van der Waals surface area contributed by atoms with Crippen LogP contribution in [-0.2, 0) is 4.79 Å². The molecule has 1 aliphatic heterocycles. The fourth-order valence-corrected chi connectivity index (χ4v) is 2.76. The summed E-state index contributed by atoms with van der Waals surface area (Å²) in [5.74, 6) is -0.336. The number of nitrogens with zero attached hydrogens (tertiary/aromatic N) is 3. The predicted octanol–water partition coefficient (Wildman–Crippen LogP) is 4.71. The molecule has 0 radical (unpaired) electrons. The lowest BCUT2D eigenvalue weighted by Gasteiger charge is -2.11. The number of benzene rings is 2. The molecule has 0 saturated heterocycles. The molecule has 1 aliphatic rings. The van der Waals surface area contributed by atoms with Crippen molar-refractivity contribution in [2.75, 3.05) is 5.01 Å². The SMILES string of the molecule is CC1=NN(c2cccc(Cl)c2)C(=O)/C1=C\c1ccc(Cl)c([N+](=O)[O-])c1. The number of carbonyl (C=O) groups is 1. The standard InChI is InChI=1S/C17H11Cl2N3O3/c1-10-14(7-11-5-6-15(19)16(8-11)22(24)25)17(23)21(20-10)13-4-2-3-12(18)9-13/h2-9H,1H3/b14-7-. The highest BCUT2D eigenvalue weighted by molar-refractivity contribution is 6.34. The third-order valence-electron chi connectivity index (χ3n) is 3.59. The molecule has 0 atom stereocenters. The second kappa shape index (κ2) is 6.66. The Balaban J connectivity index is 1.98. The molecule has 2 aromatic carbocycles. The second-order valence-corrected chi connectivity index (χ2v) is 6.15. The number of anilines is 1. The Kier molecular flexibility index (Phi) is 4.57. The van der Waals surface area contributed by atoms with Gasteiger partial charge in [0.1, 0.15) is 5.02 Å². The molecule has 1 amide bonds. The van der Waals surface area contributed by atoms with Gasteiger partial charge >= 0.3 is 0 Å². The van der Waals surface area contributed by atoms with Crippen LogP contribution in [0, 0.1) is 10.1 Å². The number of carbonyl (C=O) groups excluding carboxylic acids is 1. The molecule has 0 spiro atoms. The van der Waals surface area contributed by atoms with Crippen LogP contribution >= 0.6 is 23.2 Å². The van der Waals surface area contributed by atoms with Crippen molar-refractivity contribution in [3.05, 3.63) is 73.8 Å². The van der Waals surface area contributed by atoms with E-state index in [2.05, 4.69) is 5.10 Å². The minimum absolute atomic E-state index is 0.0378. The Morgan fingerprint density at radius 2 is 1.96 bits per heavy atom. The summed E-state index contributed by atoms with van der Waals surface area (Å²) < 4.78 is 0. The first kappa shape index (κ1) is 17.1. The van der Waals surface area contributed by atoms with E-state index in [1.165, 1.54) is 17.1 Å². The number of halogens is 2. The summed E-state index contributed by atoms with van der Waals surface area (Å²) in [4.78, 5) is 23.1. The molecule has 2 aromatic rings. The van der Waals surface area contributed by atoms with Gasteiger partial charge in [-0.05, 0) is 42.8 Å². The van der Waals surface area contributed by atoms with E-state index in [4.69, 9.17) is 23.2 Å². The summed E-state index contributed by atoms with van der Waals surface area (Å²) in [5, 5.41) is 17.0. The molecule has 126 valence electrons. The van der Waals surface area contributed by atoms with Gasteiger partial charge < -0.3 is 0 Å². The molecule has 0 saturated carbocycles. The molecule has 8 heteroatoms. The summed E-state index contributed by atoms with van der Waals surface area (Å²) in [6.45, 7) is 1.69. The van der Waals surface area contributed by atoms with Crippen molar-refractivity contribution < 1.29 is 9.72 Å². The molecular formula is C17H11Cl2N3O3. The maximum atomic E-state index is 12.7. The summed E-state index contributed by atoms with van der Waals surface area (Å²) in [6.07, 6.45) is 1.55. The van der Waals surface area contributed by atoms with Crippen LogP contribution in [0.15, 0.2) is 53.1 Å².